The molecule has 10 heteroatoms. The number of nitrogen functional groups attached to an aromatic ring is 1. The second-order valence-electron chi connectivity index (χ2n) is 7.28. The molecule has 2 aromatic rings. The highest BCUT2D eigenvalue weighted by Gasteiger charge is 2.31. The zero-order chi connectivity index (χ0) is 21.9. The summed E-state index contributed by atoms with van der Waals surface area (Å²) < 4.78 is 26.1. The number of sulfonamides is 1. The Morgan fingerprint density at radius 3 is 2.47 bits per heavy atom. The van der Waals surface area contributed by atoms with Crippen LogP contribution in [-0.4, -0.2) is 31.6 Å². The van der Waals surface area contributed by atoms with Crippen LogP contribution in [0.4, 0.5) is 5.69 Å². The summed E-state index contributed by atoms with van der Waals surface area (Å²) in [7, 11) is -3.55. The first-order valence-electron chi connectivity index (χ1n) is 9.48. The van der Waals surface area contributed by atoms with E-state index in [-0.39, 0.29) is 16.6 Å². The number of nitrogens with two attached hydrogens (primary N) is 1. The van der Waals surface area contributed by atoms with Gasteiger partial charge >= 0.3 is 0 Å². The summed E-state index contributed by atoms with van der Waals surface area (Å²) in [6.07, 6.45) is 3.77. The lowest BCUT2D eigenvalue weighted by atomic mass is 9.93. The average Bonchev–Trinajstić information content (AvgIpc) is 2.94. The molecule has 0 aromatic heterocycles. The number of hydrogen-bond donors (Lipinski definition) is 4. The number of nitrogens with one attached hydrogen (secondary N) is 2. The van der Waals surface area contributed by atoms with Crippen molar-refractivity contribution in [3.63, 3.8) is 0 Å². The van der Waals surface area contributed by atoms with Gasteiger partial charge in [-0.05, 0) is 71.4 Å². The van der Waals surface area contributed by atoms with Crippen LogP contribution >= 0.6 is 31.9 Å². The van der Waals surface area contributed by atoms with E-state index in [2.05, 4.69) is 37.2 Å². The summed E-state index contributed by atoms with van der Waals surface area (Å²) in [6.45, 7) is 0.768. The largest absolute Gasteiger partial charge is 0.398 e. The normalized spacial score (nSPS) is 21.9. The molecule has 30 heavy (non-hydrogen) atoms. The maximum atomic E-state index is 11.1. The monoisotopic (exact) mass is 559 g/mol. The van der Waals surface area contributed by atoms with E-state index in [1.54, 1.807) is 12.1 Å². The highest BCUT2D eigenvalue weighted by molar-refractivity contribution is 9.11. The number of fused-ring (bicyclic) bond motifs is 1. The van der Waals surface area contributed by atoms with Crippen LogP contribution in [0, 0.1) is 0 Å². The number of hydrogen-bond acceptors (Lipinski definition) is 6. The molecule has 0 saturated heterocycles. The first-order chi connectivity index (χ1) is 14.2. The lowest BCUT2D eigenvalue weighted by Crippen LogP contribution is -2.34. The number of amides is 1. The van der Waals surface area contributed by atoms with E-state index in [4.69, 9.17) is 5.73 Å². The fraction of sp³-hybridized carbons (Fsp3) is 0.350. The van der Waals surface area contributed by atoms with Gasteiger partial charge in [0, 0.05) is 21.5 Å². The van der Waals surface area contributed by atoms with Crippen LogP contribution in [0.25, 0.3) is 0 Å². The minimum atomic E-state index is -3.55. The predicted molar refractivity (Wildman–Crippen MR) is 122 cm³/mol. The van der Waals surface area contributed by atoms with E-state index in [1.807, 2.05) is 16.9 Å². The van der Waals surface area contributed by atoms with Gasteiger partial charge in [-0.1, -0.05) is 28.1 Å². The van der Waals surface area contributed by atoms with Gasteiger partial charge in [0.15, 0.2) is 0 Å². The maximum Gasteiger partial charge on any atom is 0.266 e. The molecular weight excluding hydrogens is 538 g/mol. The van der Waals surface area contributed by atoms with E-state index in [1.165, 1.54) is 12.1 Å². The number of halogens is 2. The highest BCUT2D eigenvalue weighted by atomic mass is 79.9. The van der Waals surface area contributed by atoms with E-state index < -0.39 is 15.9 Å². The van der Waals surface area contributed by atoms with Crippen molar-refractivity contribution < 1.29 is 18.3 Å². The Kier molecular flexibility index (Phi) is 7.56. The van der Waals surface area contributed by atoms with E-state index in [0.29, 0.717) is 6.04 Å². The molecule has 2 aromatic carbocycles. The smallest absolute Gasteiger partial charge is 0.266 e. The van der Waals surface area contributed by atoms with Crippen molar-refractivity contribution in [3.05, 3.63) is 56.5 Å². The van der Waals surface area contributed by atoms with Crippen molar-refractivity contribution in [1.29, 1.82) is 0 Å². The van der Waals surface area contributed by atoms with Gasteiger partial charge < -0.3 is 16.2 Å². The molecule has 0 bridgehead atoms. The van der Waals surface area contributed by atoms with Crippen LogP contribution in [0.15, 0.2) is 50.2 Å². The number of aliphatic hydroxyl groups is 1. The molecule has 1 aliphatic heterocycles. The van der Waals surface area contributed by atoms with Crippen molar-refractivity contribution in [3.8, 4) is 0 Å². The van der Waals surface area contributed by atoms with Crippen molar-refractivity contribution in [2.75, 3.05) is 5.73 Å². The molecule has 162 valence electrons. The second-order valence-corrected chi connectivity index (χ2v) is 10.7. The Hall–Kier alpha value is -1.46. The van der Waals surface area contributed by atoms with Crippen LogP contribution in [0.1, 0.15) is 41.6 Å². The zero-order valence-electron chi connectivity index (χ0n) is 16.1. The number of carbonyl (C=O) groups is 1. The quantitative estimate of drug-likeness (QED) is 0.427. The molecule has 0 unspecified atom stereocenters. The molecule has 1 amide bonds. The first kappa shape index (κ1) is 23.2. The van der Waals surface area contributed by atoms with Crippen LogP contribution in [0.2, 0.25) is 0 Å². The Morgan fingerprint density at radius 1 is 1.13 bits per heavy atom. The van der Waals surface area contributed by atoms with Gasteiger partial charge in [0.1, 0.15) is 4.90 Å². The molecular formula is C20H23Br2N3O4S. The van der Waals surface area contributed by atoms with Crippen molar-refractivity contribution >= 4 is 53.5 Å². The number of benzene rings is 2. The zero-order valence-corrected chi connectivity index (χ0v) is 20.1. The van der Waals surface area contributed by atoms with Gasteiger partial charge in [0.25, 0.3) is 15.9 Å². The van der Waals surface area contributed by atoms with Crippen molar-refractivity contribution in [2.24, 2.45) is 0 Å². The number of rotatable bonds is 3. The van der Waals surface area contributed by atoms with Crippen LogP contribution in [-0.2, 0) is 16.6 Å². The minimum absolute atomic E-state index is 0.0648. The van der Waals surface area contributed by atoms with Gasteiger partial charge in [0.2, 0.25) is 0 Å². The number of aliphatic hydroxyl groups excluding tert-OH is 1. The second kappa shape index (κ2) is 9.78. The van der Waals surface area contributed by atoms with Crippen LogP contribution in [0.3, 0.4) is 0 Å². The van der Waals surface area contributed by atoms with Gasteiger partial charge in [-0.2, -0.15) is 0 Å². The van der Waals surface area contributed by atoms with E-state index >= 15 is 0 Å². The summed E-state index contributed by atoms with van der Waals surface area (Å²) in [4.78, 5) is 11.1. The number of anilines is 1. The average molecular weight is 561 g/mol. The Labute approximate surface area is 192 Å². The molecule has 1 aliphatic carbocycles. The van der Waals surface area contributed by atoms with Crippen molar-refractivity contribution in [1.82, 2.24) is 10.0 Å². The lowest BCUT2D eigenvalue weighted by molar-refractivity contribution is 0.0985. The van der Waals surface area contributed by atoms with E-state index in [0.717, 1.165) is 52.4 Å². The van der Waals surface area contributed by atoms with Gasteiger partial charge in [-0.25, -0.2) is 13.1 Å². The van der Waals surface area contributed by atoms with Crippen LogP contribution in [0.5, 0.6) is 0 Å². The van der Waals surface area contributed by atoms with Crippen molar-refractivity contribution in [2.45, 2.75) is 49.3 Å². The molecule has 1 fully saturated rings. The standard InChI is InChI=1S/C13H18Br2N2O.C7H5NO3S/c14-9-5-8(13(16)12(15)6-9)7-17-10-1-3-11(18)4-2-10;9-7-5-3-1-2-4-6(5)12(10,11)8-7/h5-6,10-11,17-18H,1-4,7,16H2;1-4H,(H,8,9). The fourth-order valence-corrected chi connectivity index (χ4v) is 5.92. The Balaban J connectivity index is 0.000000184. The molecule has 2 aliphatic rings. The minimum Gasteiger partial charge on any atom is -0.398 e. The summed E-state index contributed by atoms with van der Waals surface area (Å²) >= 11 is 6.93. The van der Waals surface area contributed by atoms with Crippen LogP contribution < -0.4 is 15.8 Å². The molecule has 1 saturated carbocycles. The molecule has 0 radical (unpaired) electrons. The fourth-order valence-electron chi connectivity index (χ4n) is 3.44. The lowest BCUT2D eigenvalue weighted by Gasteiger charge is -2.26. The predicted octanol–water partition coefficient (Wildman–Crippen LogP) is 3.31. The number of carbonyl (C=O) groups excluding carboxylic acids is 1. The molecule has 7 nitrogen and oxygen atoms in total. The maximum absolute atomic E-state index is 11.1. The molecule has 1 heterocycles. The topological polar surface area (TPSA) is 122 Å². The third-order valence-corrected chi connectivity index (χ3v) is 7.61. The Bertz CT molecular complexity index is 1040. The third kappa shape index (κ3) is 5.61. The molecule has 0 spiro atoms. The molecule has 5 N–H and O–H groups in total. The third-order valence-electron chi connectivity index (χ3n) is 5.11. The van der Waals surface area contributed by atoms with Gasteiger partial charge in [-0.15, -0.1) is 0 Å². The highest BCUT2D eigenvalue weighted by Crippen LogP contribution is 2.28. The summed E-state index contributed by atoms with van der Waals surface area (Å²) in [5.41, 5.74) is 8.15. The van der Waals surface area contributed by atoms with Gasteiger partial charge in [0.05, 0.1) is 17.4 Å². The summed E-state index contributed by atoms with van der Waals surface area (Å²) in [5, 5.41) is 13.0. The molecule has 4 rings (SSSR count). The SMILES string of the molecule is Nc1c(Br)cc(Br)cc1CNC1CCC(O)CC1.O=C1NS(=O)(=O)c2ccccc21. The summed E-state index contributed by atoms with van der Waals surface area (Å²) in [5.74, 6) is -0.550. The summed E-state index contributed by atoms with van der Waals surface area (Å²) in [6, 6.07) is 10.6. The van der Waals surface area contributed by atoms with Gasteiger partial charge in [-0.3, -0.25) is 4.79 Å². The first-order valence-corrected chi connectivity index (χ1v) is 12.6. The Morgan fingerprint density at radius 2 is 1.80 bits per heavy atom. The molecule has 0 atom stereocenters. The van der Waals surface area contributed by atoms with E-state index in [9.17, 15) is 18.3 Å².